The molecule has 1 aromatic carbocycles. The van der Waals surface area contributed by atoms with Crippen LogP contribution in [0.15, 0.2) is 61.2 Å². The first-order valence-electron chi connectivity index (χ1n) is 11.1. The number of hydrogen-bond donors (Lipinski definition) is 1. The van der Waals surface area contributed by atoms with Gasteiger partial charge >= 0.3 is 0 Å². The number of carbonyl (C=O) groups is 1. The Morgan fingerprint density at radius 1 is 1.16 bits per heavy atom. The van der Waals surface area contributed by atoms with Crippen LogP contribution >= 0.6 is 0 Å². The van der Waals surface area contributed by atoms with Crippen LogP contribution < -0.4 is 5.32 Å². The maximum atomic E-state index is 13.1. The smallest absolute Gasteiger partial charge is 0.252 e. The Labute approximate surface area is 184 Å². The third-order valence-electron chi connectivity index (χ3n) is 6.31. The van der Waals surface area contributed by atoms with E-state index in [1.54, 1.807) is 0 Å². The number of nitrogens with zero attached hydrogens (tertiary/aromatic N) is 4. The van der Waals surface area contributed by atoms with Gasteiger partial charge in [0.25, 0.3) is 5.91 Å². The molecule has 0 radical (unpaired) electrons. The number of benzene rings is 1. The third-order valence-corrected chi connectivity index (χ3v) is 6.31. The van der Waals surface area contributed by atoms with Crippen LogP contribution in [-0.4, -0.2) is 38.4 Å². The molecule has 1 aliphatic rings. The molecule has 1 fully saturated rings. The molecule has 0 bridgehead atoms. The Balaban J connectivity index is 1.46. The van der Waals surface area contributed by atoms with E-state index in [0.29, 0.717) is 5.92 Å². The van der Waals surface area contributed by atoms with Gasteiger partial charge in [-0.05, 0) is 69.5 Å². The van der Waals surface area contributed by atoms with Crippen molar-refractivity contribution in [2.45, 2.75) is 45.8 Å². The highest BCUT2D eigenvalue weighted by atomic mass is 16.1. The van der Waals surface area contributed by atoms with Crippen LogP contribution in [0.5, 0.6) is 0 Å². The minimum absolute atomic E-state index is 0.0250. The first-order chi connectivity index (χ1) is 15.2. The lowest BCUT2D eigenvalue weighted by molar-refractivity contribution is 0.0886. The Morgan fingerprint density at radius 3 is 2.65 bits per heavy atom. The molecular weight excluding hydrogens is 386 g/mol. The van der Waals surface area contributed by atoms with Crippen LogP contribution in [0, 0.1) is 12.8 Å². The second-order valence-corrected chi connectivity index (χ2v) is 8.31. The number of hydrogen-bond acceptors (Lipinski definition) is 4. The van der Waals surface area contributed by atoms with E-state index < -0.39 is 0 Å². The van der Waals surface area contributed by atoms with Crippen LogP contribution in [0.2, 0.25) is 0 Å². The molecule has 6 nitrogen and oxygen atoms in total. The summed E-state index contributed by atoms with van der Waals surface area (Å²) in [6.45, 7) is 7.99. The maximum Gasteiger partial charge on any atom is 0.252 e. The fraction of sp³-hybridized carbons (Fsp3) is 0.400. The van der Waals surface area contributed by atoms with Crippen LogP contribution in [0.3, 0.4) is 0 Å². The molecule has 1 atom stereocenters. The van der Waals surface area contributed by atoms with Gasteiger partial charge in [-0.15, -0.1) is 0 Å². The van der Waals surface area contributed by atoms with Gasteiger partial charge in [0, 0.05) is 31.0 Å². The highest BCUT2D eigenvalue weighted by molar-refractivity contribution is 5.95. The van der Waals surface area contributed by atoms with Crippen molar-refractivity contribution in [3.05, 3.63) is 83.7 Å². The van der Waals surface area contributed by atoms with E-state index >= 15 is 0 Å². The lowest BCUT2D eigenvalue weighted by Crippen LogP contribution is -2.41. The standard InChI is InChI=1S/C25H31N5O/c1-3-30-18-26-16-21(30)17-29-14-11-20(12-15-29)24(23-10-6-7-13-27-23)28-25(31)22-9-5-4-8-19(22)2/h4-10,13,16,18,20,24H,3,11-12,14-15,17H2,1-2H3,(H,28,31)/t24-/m1/s1. The highest BCUT2D eigenvalue weighted by Gasteiger charge is 2.30. The van der Waals surface area contributed by atoms with Crippen LogP contribution in [0.1, 0.15) is 53.1 Å². The molecule has 0 aliphatic carbocycles. The zero-order valence-corrected chi connectivity index (χ0v) is 18.4. The van der Waals surface area contributed by atoms with E-state index in [2.05, 4.69) is 31.7 Å². The average Bonchev–Trinajstić information content (AvgIpc) is 3.26. The van der Waals surface area contributed by atoms with Gasteiger partial charge in [0.15, 0.2) is 0 Å². The van der Waals surface area contributed by atoms with Gasteiger partial charge in [-0.3, -0.25) is 14.7 Å². The van der Waals surface area contributed by atoms with Gasteiger partial charge < -0.3 is 9.88 Å². The molecule has 0 spiro atoms. The number of aryl methyl sites for hydroxylation is 2. The number of likely N-dealkylation sites (tertiary alicyclic amines) is 1. The largest absolute Gasteiger partial charge is 0.343 e. The fourth-order valence-electron chi connectivity index (χ4n) is 4.48. The minimum Gasteiger partial charge on any atom is -0.343 e. The lowest BCUT2D eigenvalue weighted by Gasteiger charge is -2.36. The van der Waals surface area contributed by atoms with Crippen LogP contribution in [0.25, 0.3) is 0 Å². The summed E-state index contributed by atoms with van der Waals surface area (Å²) < 4.78 is 2.20. The number of rotatable bonds is 7. The molecule has 0 saturated carbocycles. The van der Waals surface area contributed by atoms with Crippen molar-refractivity contribution in [2.75, 3.05) is 13.1 Å². The van der Waals surface area contributed by atoms with Crippen molar-refractivity contribution in [1.29, 1.82) is 0 Å². The lowest BCUT2D eigenvalue weighted by atomic mass is 9.87. The molecule has 3 aromatic rings. The number of piperidine rings is 1. The van der Waals surface area contributed by atoms with Gasteiger partial charge in [0.1, 0.15) is 0 Å². The number of aromatic nitrogens is 3. The normalized spacial score (nSPS) is 16.2. The second-order valence-electron chi connectivity index (χ2n) is 8.31. The van der Waals surface area contributed by atoms with Crippen LogP contribution in [-0.2, 0) is 13.1 Å². The van der Waals surface area contributed by atoms with E-state index in [-0.39, 0.29) is 11.9 Å². The minimum atomic E-state index is -0.0865. The SMILES string of the molecule is CCn1cncc1CN1CCC([C@@H](NC(=O)c2ccccc2C)c2ccccn2)CC1. The number of pyridine rings is 1. The number of carbonyl (C=O) groups excluding carboxylic acids is 1. The van der Waals surface area contributed by atoms with E-state index in [0.717, 1.165) is 55.8 Å². The van der Waals surface area contributed by atoms with Gasteiger partial charge in [-0.1, -0.05) is 24.3 Å². The number of nitrogens with one attached hydrogen (secondary N) is 1. The Morgan fingerprint density at radius 2 is 1.94 bits per heavy atom. The van der Waals surface area contributed by atoms with Gasteiger partial charge in [-0.25, -0.2) is 4.98 Å². The van der Waals surface area contributed by atoms with Gasteiger partial charge in [-0.2, -0.15) is 0 Å². The van der Waals surface area contributed by atoms with Crippen molar-refractivity contribution in [3.63, 3.8) is 0 Å². The van der Waals surface area contributed by atoms with E-state index in [9.17, 15) is 4.79 Å². The molecule has 4 rings (SSSR count). The zero-order valence-electron chi connectivity index (χ0n) is 18.4. The van der Waals surface area contributed by atoms with Crippen molar-refractivity contribution in [1.82, 2.24) is 24.8 Å². The molecule has 6 heteroatoms. The molecule has 1 aliphatic heterocycles. The first-order valence-corrected chi connectivity index (χ1v) is 11.1. The summed E-state index contributed by atoms with van der Waals surface area (Å²) in [5, 5.41) is 3.30. The zero-order chi connectivity index (χ0) is 21.6. The summed E-state index contributed by atoms with van der Waals surface area (Å²) in [6.07, 6.45) is 7.73. The Hall–Kier alpha value is -2.99. The molecule has 1 saturated heterocycles. The molecule has 1 N–H and O–H groups in total. The summed E-state index contributed by atoms with van der Waals surface area (Å²) >= 11 is 0. The van der Waals surface area contributed by atoms with E-state index in [1.807, 2.05) is 68.1 Å². The monoisotopic (exact) mass is 417 g/mol. The number of amides is 1. The molecule has 1 amide bonds. The second kappa shape index (κ2) is 9.88. The Bertz CT molecular complexity index is 992. The summed E-state index contributed by atoms with van der Waals surface area (Å²) in [5.74, 6) is 0.332. The van der Waals surface area contributed by atoms with Gasteiger partial charge in [0.05, 0.1) is 23.8 Å². The fourth-order valence-corrected chi connectivity index (χ4v) is 4.48. The topological polar surface area (TPSA) is 63.1 Å². The molecule has 3 heterocycles. The average molecular weight is 418 g/mol. The predicted molar refractivity (Wildman–Crippen MR) is 122 cm³/mol. The molecule has 162 valence electrons. The summed E-state index contributed by atoms with van der Waals surface area (Å²) in [4.78, 5) is 24.4. The molecule has 31 heavy (non-hydrogen) atoms. The van der Waals surface area contributed by atoms with Crippen LogP contribution in [0.4, 0.5) is 0 Å². The van der Waals surface area contributed by atoms with E-state index in [4.69, 9.17) is 0 Å². The van der Waals surface area contributed by atoms with Gasteiger partial charge in [0.2, 0.25) is 0 Å². The quantitative estimate of drug-likeness (QED) is 0.631. The Kier molecular flexibility index (Phi) is 6.77. The first kappa shape index (κ1) is 21.2. The number of imidazole rings is 1. The van der Waals surface area contributed by atoms with Crippen molar-refractivity contribution in [3.8, 4) is 0 Å². The molecule has 2 aromatic heterocycles. The summed E-state index contributed by atoms with van der Waals surface area (Å²) in [7, 11) is 0. The summed E-state index contributed by atoms with van der Waals surface area (Å²) in [6, 6.07) is 13.6. The molecule has 0 unspecified atom stereocenters. The predicted octanol–water partition coefficient (Wildman–Crippen LogP) is 3.99. The van der Waals surface area contributed by atoms with Crippen molar-refractivity contribution in [2.24, 2.45) is 5.92 Å². The van der Waals surface area contributed by atoms with Crippen molar-refractivity contribution >= 4 is 5.91 Å². The van der Waals surface area contributed by atoms with Crippen molar-refractivity contribution < 1.29 is 4.79 Å². The highest BCUT2D eigenvalue weighted by Crippen LogP contribution is 2.31. The summed E-state index contributed by atoms with van der Waals surface area (Å²) in [5.41, 5.74) is 3.91. The molecular formula is C25H31N5O. The third kappa shape index (κ3) is 5.02. The van der Waals surface area contributed by atoms with E-state index in [1.165, 1.54) is 5.69 Å². The maximum absolute atomic E-state index is 13.1.